The Balaban J connectivity index is 1.96. The lowest BCUT2D eigenvalue weighted by atomic mass is 10.1. The first-order chi connectivity index (χ1) is 9.06. The zero-order valence-corrected chi connectivity index (χ0v) is 13.5. The number of thiophene rings is 1. The van der Waals surface area contributed by atoms with Crippen LogP contribution in [-0.2, 0) is 9.84 Å². The van der Waals surface area contributed by atoms with E-state index in [2.05, 4.69) is 34.7 Å². The van der Waals surface area contributed by atoms with Gasteiger partial charge in [0.05, 0.1) is 7.79 Å². The first-order valence-corrected chi connectivity index (χ1v) is 9.00. The Labute approximate surface area is 129 Å². The maximum atomic E-state index is 11.8. The summed E-state index contributed by atoms with van der Waals surface area (Å²) in [5, 5.41) is 1.23. The standard InChI is InChI=1S/C14H9IO2S2/c15-14-8-7-12(18-14)10-3-5-11(6-4-10)13-2-1-9-19(13,16)17/h1-9H. The maximum absolute atomic E-state index is 11.8. The van der Waals surface area contributed by atoms with E-state index in [0.29, 0.717) is 4.91 Å². The predicted octanol–water partition coefficient (Wildman–Crippen LogP) is 4.30. The average Bonchev–Trinajstić information content (AvgIpc) is 2.95. The van der Waals surface area contributed by atoms with Crippen LogP contribution in [0.5, 0.6) is 0 Å². The van der Waals surface area contributed by atoms with Crippen LogP contribution in [0, 0.1) is 2.88 Å². The molecule has 0 saturated carbocycles. The van der Waals surface area contributed by atoms with E-state index in [4.69, 9.17) is 0 Å². The minimum absolute atomic E-state index is 0.375. The van der Waals surface area contributed by atoms with Crippen molar-refractivity contribution in [2.75, 3.05) is 0 Å². The largest absolute Gasteiger partial charge is 0.219 e. The van der Waals surface area contributed by atoms with E-state index in [1.807, 2.05) is 24.3 Å². The van der Waals surface area contributed by atoms with Crippen molar-refractivity contribution in [2.45, 2.75) is 0 Å². The SMILES string of the molecule is O=S1(=O)C=CC=C1c1ccc(-c2ccc(I)s2)cc1. The molecule has 2 aromatic rings. The van der Waals surface area contributed by atoms with Gasteiger partial charge in [0.1, 0.15) is 0 Å². The summed E-state index contributed by atoms with van der Waals surface area (Å²) < 4.78 is 24.8. The summed E-state index contributed by atoms with van der Waals surface area (Å²) in [5.41, 5.74) is 1.85. The van der Waals surface area contributed by atoms with Gasteiger partial charge in [0.2, 0.25) is 0 Å². The Morgan fingerprint density at radius 3 is 2.16 bits per heavy atom. The highest BCUT2D eigenvalue weighted by molar-refractivity contribution is 14.1. The highest BCUT2D eigenvalue weighted by atomic mass is 127. The van der Waals surface area contributed by atoms with E-state index >= 15 is 0 Å². The van der Waals surface area contributed by atoms with Crippen LogP contribution in [0.1, 0.15) is 5.56 Å². The van der Waals surface area contributed by atoms with E-state index in [9.17, 15) is 8.42 Å². The second-order valence-corrected chi connectivity index (χ2v) is 8.87. The molecule has 0 atom stereocenters. The normalized spacial score (nSPS) is 16.6. The zero-order chi connectivity index (χ0) is 13.5. The monoisotopic (exact) mass is 400 g/mol. The van der Waals surface area contributed by atoms with Gasteiger partial charge in [-0.05, 0) is 58.0 Å². The molecule has 0 fully saturated rings. The number of sulfone groups is 1. The van der Waals surface area contributed by atoms with Crippen LogP contribution in [0.15, 0.2) is 54.0 Å². The first kappa shape index (κ1) is 13.1. The Morgan fingerprint density at radius 1 is 0.947 bits per heavy atom. The fourth-order valence-electron chi connectivity index (χ4n) is 1.93. The molecular weight excluding hydrogens is 391 g/mol. The van der Waals surface area contributed by atoms with Gasteiger partial charge in [-0.3, -0.25) is 0 Å². The molecule has 2 heterocycles. The van der Waals surface area contributed by atoms with Gasteiger partial charge in [0.25, 0.3) is 0 Å². The molecular formula is C14H9IO2S2. The van der Waals surface area contributed by atoms with E-state index < -0.39 is 9.84 Å². The van der Waals surface area contributed by atoms with Crippen LogP contribution in [0.3, 0.4) is 0 Å². The van der Waals surface area contributed by atoms with Crippen LogP contribution in [-0.4, -0.2) is 8.42 Å². The van der Waals surface area contributed by atoms with Gasteiger partial charge in [-0.15, -0.1) is 11.3 Å². The maximum Gasteiger partial charge on any atom is 0.200 e. The molecule has 1 aromatic heterocycles. The lowest BCUT2D eigenvalue weighted by molar-refractivity contribution is 0.614. The second-order valence-electron chi connectivity index (χ2n) is 4.09. The molecule has 0 saturated heterocycles. The fraction of sp³-hybridized carbons (Fsp3) is 0. The van der Waals surface area contributed by atoms with Crippen molar-refractivity contribution in [3.63, 3.8) is 0 Å². The molecule has 2 nitrogen and oxygen atoms in total. The van der Waals surface area contributed by atoms with E-state index in [-0.39, 0.29) is 0 Å². The van der Waals surface area contributed by atoms with Crippen molar-refractivity contribution in [1.82, 2.24) is 0 Å². The number of benzene rings is 1. The van der Waals surface area contributed by atoms with Gasteiger partial charge in [0.15, 0.2) is 9.84 Å². The highest BCUT2D eigenvalue weighted by Gasteiger charge is 2.19. The summed E-state index contributed by atoms with van der Waals surface area (Å²) in [7, 11) is -3.23. The van der Waals surface area contributed by atoms with E-state index in [0.717, 1.165) is 11.1 Å². The van der Waals surface area contributed by atoms with Gasteiger partial charge in [-0.1, -0.05) is 24.3 Å². The molecule has 19 heavy (non-hydrogen) atoms. The smallest absolute Gasteiger partial charge is 0.200 e. The molecule has 0 radical (unpaired) electrons. The van der Waals surface area contributed by atoms with Crippen molar-refractivity contribution >= 4 is 48.7 Å². The third-order valence-electron chi connectivity index (χ3n) is 2.84. The van der Waals surface area contributed by atoms with Crippen molar-refractivity contribution in [2.24, 2.45) is 0 Å². The summed E-state index contributed by atoms with van der Waals surface area (Å²) in [6.07, 6.45) is 3.21. The molecule has 5 heteroatoms. The van der Waals surface area contributed by atoms with E-state index in [1.165, 1.54) is 13.2 Å². The third-order valence-corrected chi connectivity index (χ3v) is 6.28. The lowest BCUT2D eigenvalue weighted by Gasteiger charge is -2.04. The molecule has 0 aliphatic carbocycles. The summed E-state index contributed by atoms with van der Waals surface area (Å²) in [6, 6.07) is 11.8. The topological polar surface area (TPSA) is 34.1 Å². The van der Waals surface area contributed by atoms with Crippen LogP contribution in [0.4, 0.5) is 0 Å². The molecule has 1 aromatic carbocycles. The van der Waals surface area contributed by atoms with Crippen molar-refractivity contribution in [1.29, 1.82) is 0 Å². The highest BCUT2D eigenvalue weighted by Crippen LogP contribution is 2.32. The van der Waals surface area contributed by atoms with Gasteiger partial charge in [-0.2, -0.15) is 0 Å². The van der Waals surface area contributed by atoms with Crippen LogP contribution < -0.4 is 0 Å². The minimum atomic E-state index is -3.23. The summed E-state index contributed by atoms with van der Waals surface area (Å²) >= 11 is 4.01. The third kappa shape index (κ3) is 2.54. The fourth-order valence-corrected chi connectivity index (χ4v) is 4.72. The predicted molar refractivity (Wildman–Crippen MR) is 88.5 cm³/mol. The number of hydrogen-bond donors (Lipinski definition) is 0. The first-order valence-electron chi connectivity index (χ1n) is 5.56. The molecule has 1 aliphatic rings. The van der Waals surface area contributed by atoms with Crippen molar-refractivity contribution in [3.8, 4) is 10.4 Å². The molecule has 1 aliphatic heterocycles. The molecule has 0 bridgehead atoms. The van der Waals surface area contributed by atoms with Crippen LogP contribution in [0.2, 0.25) is 0 Å². The lowest BCUT2D eigenvalue weighted by Crippen LogP contribution is -1.95. The quantitative estimate of drug-likeness (QED) is 0.705. The van der Waals surface area contributed by atoms with Gasteiger partial charge in [0, 0.05) is 10.3 Å². The molecule has 96 valence electrons. The number of rotatable bonds is 2. The Hall–Kier alpha value is -0.920. The van der Waals surface area contributed by atoms with Gasteiger partial charge in [-0.25, -0.2) is 8.42 Å². The van der Waals surface area contributed by atoms with E-state index in [1.54, 1.807) is 23.5 Å². The summed E-state index contributed by atoms with van der Waals surface area (Å²) in [5.74, 6) is 0. The van der Waals surface area contributed by atoms with Crippen molar-refractivity contribution in [3.05, 3.63) is 62.4 Å². The molecule has 0 unspecified atom stereocenters. The van der Waals surface area contributed by atoms with Crippen molar-refractivity contribution < 1.29 is 8.42 Å². The minimum Gasteiger partial charge on any atom is -0.219 e. The number of halogens is 1. The second kappa shape index (κ2) is 4.88. The summed E-state index contributed by atoms with van der Waals surface area (Å²) in [4.78, 5) is 1.57. The molecule has 0 spiro atoms. The molecule has 3 rings (SSSR count). The Morgan fingerprint density at radius 2 is 1.63 bits per heavy atom. The summed E-state index contributed by atoms with van der Waals surface area (Å²) in [6.45, 7) is 0. The van der Waals surface area contributed by atoms with Crippen LogP contribution in [0.25, 0.3) is 15.3 Å². The zero-order valence-electron chi connectivity index (χ0n) is 9.71. The molecule has 0 N–H and O–H groups in total. The Kier molecular flexibility index (Phi) is 3.36. The number of allylic oxidation sites excluding steroid dienone is 2. The molecule has 0 amide bonds. The Bertz CT molecular complexity index is 781. The van der Waals surface area contributed by atoms with Gasteiger partial charge < -0.3 is 0 Å². The number of hydrogen-bond acceptors (Lipinski definition) is 3. The van der Waals surface area contributed by atoms with Crippen LogP contribution >= 0.6 is 33.9 Å². The average molecular weight is 400 g/mol. The van der Waals surface area contributed by atoms with Gasteiger partial charge >= 0.3 is 0 Å².